The fraction of sp³-hybridized carbons (Fsp3) is 0.696. The number of guanidine groups is 1. The summed E-state index contributed by atoms with van der Waals surface area (Å²) in [6.45, 7) is 9.25. The number of nitrogens with zero attached hydrogens (tertiary/aromatic N) is 3. The van der Waals surface area contributed by atoms with Crippen LogP contribution in [0, 0.1) is 0 Å². The molecule has 2 fully saturated rings. The van der Waals surface area contributed by atoms with Gasteiger partial charge >= 0.3 is 0 Å². The Labute approximate surface area is 171 Å². The highest BCUT2D eigenvalue weighted by atomic mass is 15.2. The van der Waals surface area contributed by atoms with Gasteiger partial charge in [0.25, 0.3) is 0 Å². The average molecular weight is 386 g/mol. The lowest BCUT2D eigenvalue weighted by atomic mass is 10.1. The summed E-state index contributed by atoms with van der Waals surface area (Å²) in [6.07, 6.45) is 9.33. The summed E-state index contributed by atoms with van der Waals surface area (Å²) in [5.74, 6) is 0.901. The van der Waals surface area contributed by atoms with Crippen molar-refractivity contribution in [3.8, 4) is 0 Å². The molecule has 2 heterocycles. The van der Waals surface area contributed by atoms with E-state index in [0.29, 0.717) is 0 Å². The molecule has 5 nitrogen and oxygen atoms in total. The quantitative estimate of drug-likeness (QED) is 0.389. The van der Waals surface area contributed by atoms with Gasteiger partial charge in [-0.05, 0) is 82.4 Å². The lowest BCUT2D eigenvalue weighted by Gasteiger charge is -2.26. The molecule has 156 valence electrons. The molecule has 2 aliphatic rings. The highest BCUT2D eigenvalue weighted by molar-refractivity contribution is 5.79. The van der Waals surface area contributed by atoms with Crippen molar-refractivity contribution >= 4 is 5.96 Å². The molecule has 0 atom stereocenters. The minimum atomic E-state index is 0.817. The number of hydrogen-bond donors (Lipinski definition) is 2. The number of aliphatic imine (C=N–C) groups is 1. The molecule has 0 saturated carbocycles. The first kappa shape index (κ1) is 21.1. The van der Waals surface area contributed by atoms with E-state index in [1.165, 1.54) is 88.8 Å². The molecule has 2 N–H and O–H groups in total. The molecular formula is C23H39N5. The third kappa shape index (κ3) is 7.44. The topological polar surface area (TPSA) is 42.9 Å². The van der Waals surface area contributed by atoms with Gasteiger partial charge in [0, 0.05) is 26.7 Å². The Morgan fingerprint density at radius 1 is 0.821 bits per heavy atom. The lowest BCUT2D eigenvalue weighted by molar-refractivity contribution is 0.221. The minimum absolute atomic E-state index is 0.817. The van der Waals surface area contributed by atoms with Crippen molar-refractivity contribution in [2.45, 2.75) is 58.0 Å². The van der Waals surface area contributed by atoms with Gasteiger partial charge in [0.1, 0.15) is 0 Å². The Bertz CT molecular complexity index is 571. The molecule has 0 spiro atoms. The van der Waals surface area contributed by atoms with Gasteiger partial charge in [-0.1, -0.05) is 30.7 Å². The van der Waals surface area contributed by atoms with E-state index >= 15 is 0 Å². The van der Waals surface area contributed by atoms with Gasteiger partial charge in [0.05, 0.1) is 0 Å². The van der Waals surface area contributed by atoms with Crippen molar-refractivity contribution in [3.05, 3.63) is 35.4 Å². The van der Waals surface area contributed by atoms with Crippen molar-refractivity contribution < 1.29 is 0 Å². The monoisotopic (exact) mass is 385 g/mol. The number of piperidine rings is 1. The van der Waals surface area contributed by atoms with Crippen LogP contribution in [0.2, 0.25) is 0 Å². The summed E-state index contributed by atoms with van der Waals surface area (Å²) >= 11 is 0. The van der Waals surface area contributed by atoms with Crippen molar-refractivity contribution in [2.24, 2.45) is 4.99 Å². The number of likely N-dealkylation sites (tertiary alicyclic amines) is 2. The predicted molar refractivity (Wildman–Crippen MR) is 119 cm³/mol. The molecule has 1 aromatic rings. The molecule has 0 unspecified atom stereocenters. The van der Waals surface area contributed by atoms with Gasteiger partial charge in [0.15, 0.2) is 5.96 Å². The maximum Gasteiger partial charge on any atom is 0.191 e. The Morgan fingerprint density at radius 3 is 2.18 bits per heavy atom. The van der Waals surface area contributed by atoms with E-state index in [9.17, 15) is 0 Å². The molecular weight excluding hydrogens is 346 g/mol. The van der Waals surface area contributed by atoms with Crippen LogP contribution < -0.4 is 10.6 Å². The average Bonchev–Trinajstić information content (AvgIpc) is 3.25. The normalized spacial score (nSPS) is 19.1. The van der Waals surface area contributed by atoms with E-state index < -0.39 is 0 Å². The van der Waals surface area contributed by atoms with Crippen LogP contribution in [0.1, 0.15) is 56.1 Å². The van der Waals surface area contributed by atoms with E-state index in [2.05, 4.69) is 49.7 Å². The molecule has 0 amide bonds. The van der Waals surface area contributed by atoms with Gasteiger partial charge < -0.3 is 15.5 Å². The van der Waals surface area contributed by atoms with Gasteiger partial charge in [-0.2, -0.15) is 0 Å². The zero-order valence-electron chi connectivity index (χ0n) is 17.8. The summed E-state index contributed by atoms with van der Waals surface area (Å²) in [5.41, 5.74) is 2.73. The molecule has 0 aromatic heterocycles. The maximum atomic E-state index is 4.35. The second-order valence-electron chi connectivity index (χ2n) is 8.26. The van der Waals surface area contributed by atoms with E-state index in [1.54, 1.807) is 0 Å². The van der Waals surface area contributed by atoms with Crippen LogP contribution in [0.4, 0.5) is 0 Å². The van der Waals surface area contributed by atoms with E-state index in [1.807, 2.05) is 7.05 Å². The maximum absolute atomic E-state index is 4.35. The molecule has 3 rings (SSSR count). The van der Waals surface area contributed by atoms with Gasteiger partial charge in [-0.3, -0.25) is 9.89 Å². The number of unbranched alkanes of at least 4 members (excludes halogenated alkanes) is 1. The first-order chi connectivity index (χ1) is 13.8. The summed E-state index contributed by atoms with van der Waals surface area (Å²) in [4.78, 5) is 9.51. The second-order valence-corrected chi connectivity index (χ2v) is 8.26. The fourth-order valence-electron chi connectivity index (χ4n) is 4.22. The van der Waals surface area contributed by atoms with Crippen LogP contribution in [-0.4, -0.2) is 62.1 Å². The standard InChI is InChI=1S/C23H39N5/c1-24-23(25-13-3-6-14-27-15-7-8-16-27)26-19-21-9-11-22(12-10-21)20-28-17-4-2-5-18-28/h9-12H,2-8,13-20H2,1H3,(H2,24,25,26). The molecule has 2 aliphatic heterocycles. The molecule has 0 radical (unpaired) electrons. The Morgan fingerprint density at radius 2 is 1.46 bits per heavy atom. The smallest absolute Gasteiger partial charge is 0.191 e. The Kier molecular flexibility index (Phi) is 9.11. The van der Waals surface area contributed by atoms with Crippen LogP contribution in [0.25, 0.3) is 0 Å². The van der Waals surface area contributed by atoms with E-state index in [0.717, 1.165) is 25.6 Å². The predicted octanol–water partition coefficient (Wildman–Crippen LogP) is 3.21. The van der Waals surface area contributed by atoms with E-state index in [4.69, 9.17) is 0 Å². The molecule has 0 bridgehead atoms. The number of rotatable bonds is 9. The Balaban J connectivity index is 1.30. The molecule has 0 aliphatic carbocycles. The van der Waals surface area contributed by atoms with Gasteiger partial charge in [-0.15, -0.1) is 0 Å². The number of nitrogens with one attached hydrogen (secondary N) is 2. The highest BCUT2D eigenvalue weighted by Gasteiger charge is 2.11. The minimum Gasteiger partial charge on any atom is -0.356 e. The summed E-state index contributed by atoms with van der Waals surface area (Å²) in [7, 11) is 1.85. The first-order valence-corrected chi connectivity index (χ1v) is 11.3. The molecule has 2 saturated heterocycles. The zero-order chi connectivity index (χ0) is 19.4. The molecule has 5 heteroatoms. The second kappa shape index (κ2) is 12.1. The van der Waals surface area contributed by atoms with Crippen molar-refractivity contribution in [2.75, 3.05) is 46.3 Å². The van der Waals surface area contributed by atoms with Crippen LogP contribution in [0.3, 0.4) is 0 Å². The number of benzene rings is 1. The summed E-state index contributed by atoms with van der Waals surface area (Å²) in [5, 5.41) is 6.88. The first-order valence-electron chi connectivity index (χ1n) is 11.3. The van der Waals surface area contributed by atoms with Gasteiger partial charge in [0.2, 0.25) is 0 Å². The van der Waals surface area contributed by atoms with Crippen LogP contribution >= 0.6 is 0 Å². The van der Waals surface area contributed by atoms with Gasteiger partial charge in [-0.25, -0.2) is 0 Å². The zero-order valence-corrected chi connectivity index (χ0v) is 17.8. The Hall–Kier alpha value is -1.59. The van der Waals surface area contributed by atoms with Crippen molar-refractivity contribution in [3.63, 3.8) is 0 Å². The highest BCUT2D eigenvalue weighted by Crippen LogP contribution is 2.13. The largest absolute Gasteiger partial charge is 0.356 e. The van der Waals surface area contributed by atoms with Crippen molar-refractivity contribution in [1.82, 2.24) is 20.4 Å². The third-order valence-corrected chi connectivity index (χ3v) is 5.95. The number of hydrogen-bond acceptors (Lipinski definition) is 3. The summed E-state index contributed by atoms with van der Waals surface area (Å²) < 4.78 is 0. The van der Waals surface area contributed by atoms with E-state index in [-0.39, 0.29) is 0 Å². The lowest BCUT2D eigenvalue weighted by Crippen LogP contribution is -2.37. The molecule has 28 heavy (non-hydrogen) atoms. The third-order valence-electron chi connectivity index (χ3n) is 5.95. The van der Waals surface area contributed by atoms with Crippen LogP contribution in [0.15, 0.2) is 29.3 Å². The SMILES string of the molecule is CN=C(NCCCCN1CCCC1)NCc1ccc(CN2CCCCC2)cc1. The van der Waals surface area contributed by atoms with Crippen LogP contribution in [-0.2, 0) is 13.1 Å². The fourth-order valence-corrected chi connectivity index (χ4v) is 4.22. The van der Waals surface area contributed by atoms with Crippen molar-refractivity contribution in [1.29, 1.82) is 0 Å². The summed E-state index contributed by atoms with van der Waals surface area (Å²) in [6, 6.07) is 9.05. The van der Waals surface area contributed by atoms with Crippen LogP contribution in [0.5, 0.6) is 0 Å². The molecule has 1 aromatic carbocycles.